The van der Waals surface area contributed by atoms with Gasteiger partial charge in [-0.05, 0) is 31.4 Å². The van der Waals surface area contributed by atoms with Crippen molar-refractivity contribution in [3.05, 3.63) is 35.4 Å². The smallest absolute Gasteiger partial charge is 0.261 e. The highest BCUT2D eigenvalue weighted by molar-refractivity contribution is 6.21. The molecule has 1 aromatic rings. The maximum absolute atomic E-state index is 13.0. The molecule has 3 amide bonds. The number of amides is 3. The average molecular weight is 416 g/mol. The van der Waals surface area contributed by atoms with Crippen LogP contribution >= 0.6 is 0 Å². The fourth-order valence-corrected chi connectivity index (χ4v) is 3.92. The van der Waals surface area contributed by atoms with Crippen LogP contribution in [0.15, 0.2) is 24.3 Å². The van der Waals surface area contributed by atoms with E-state index in [4.69, 9.17) is 10.5 Å². The van der Waals surface area contributed by atoms with Gasteiger partial charge < -0.3 is 20.1 Å². The molecular formula is C22H28N2O6. The zero-order valence-corrected chi connectivity index (χ0v) is 17.3. The largest absolute Gasteiger partial charge is 0.370 e. The number of nitrogens with two attached hydrogens (primary N) is 1. The third-order valence-corrected chi connectivity index (χ3v) is 5.48. The fourth-order valence-electron chi connectivity index (χ4n) is 3.92. The van der Waals surface area contributed by atoms with Crippen molar-refractivity contribution in [1.82, 2.24) is 4.90 Å². The predicted molar refractivity (Wildman–Crippen MR) is 109 cm³/mol. The van der Waals surface area contributed by atoms with Crippen molar-refractivity contribution in [2.45, 2.75) is 64.2 Å². The van der Waals surface area contributed by atoms with Gasteiger partial charge in [0.2, 0.25) is 5.91 Å². The molecule has 0 spiro atoms. The molecule has 0 bridgehead atoms. The Labute approximate surface area is 175 Å². The molecule has 3 atom stereocenters. The Kier molecular flexibility index (Phi) is 8.41. The summed E-state index contributed by atoms with van der Waals surface area (Å²) in [6.45, 7) is 3.82. The van der Waals surface area contributed by atoms with E-state index in [2.05, 4.69) is 0 Å². The number of carbonyl (C=O) groups is 5. The lowest BCUT2D eigenvalue weighted by Crippen LogP contribution is -2.50. The van der Waals surface area contributed by atoms with Crippen LogP contribution in [-0.4, -0.2) is 53.4 Å². The minimum Gasteiger partial charge on any atom is -0.370 e. The molecule has 162 valence electrons. The topological polar surface area (TPSA) is 124 Å². The van der Waals surface area contributed by atoms with Crippen molar-refractivity contribution < 1.29 is 28.7 Å². The van der Waals surface area contributed by atoms with Gasteiger partial charge in [0.1, 0.15) is 18.7 Å². The number of aldehydes is 2. The van der Waals surface area contributed by atoms with E-state index < -0.39 is 35.8 Å². The van der Waals surface area contributed by atoms with Crippen molar-refractivity contribution in [2.24, 2.45) is 11.7 Å². The van der Waals surface area contributed by atoms with Gasteiger partial charge >= 0.3 is 0 Å². The van der Waals surface area contributed by atoms with Gasteiger partial charge in [-0.1, -0.05) is 26.0 Å². The second-order valence-electron chi connectivity index (χ2n) is 7.35. The van der Waals surface area contributed by atoms with Crippen LogP contribution in [0, 0.1) is 5.92 Å². The summed E-state index contributed by atoms with van der Waals surface area (Å²) in [5.41, 5.74) is 5.93. The summed E-state index contributed by atoms with van der Waals surface area (Å²) in [5.74, 6) is -2.59. The summed E-state index contributed by atoms with van der Waals surface area (Å²) >= 11 is 0. The molecule has 8 heteroatoms. The second kappa shape index (κ2) is 10.8. The molecule has 1 aliphatic heterocycles. The van der Waals surface area contributed by atoms with E-state index in [9.17, 15) is 24.0 Å². The van der Waals surface area contributed by atoms with Crippen molar-refractivity contribution in [3.8, 4) is 0 Å². The van der Waals surface area contributed by atoms with Crippen LogP contribution in [0.2, 0.25) is 0 Å². The molecule has 0 saturated heterocycles. The number of benzene rings is 1. The predicted octanol–water partition coefficient (Wildman–Crippen LogP) is 1.89. The van der Waals surface area contributed by atoms with Crippen LogP contribution in [0.1, 0.15) is 66.7 Å². The summed E-state index contributed by atoms with van der Waals surface area (Å²) in [6, 6.07) is 5.51. The van der Waals surface area contributed by atoms with Gasteiger partial charge in [-0.25, -0.2) is 0 Å². The van der Waals surface area contributed by atoms with E-state index in [0.29, 0.717) is 25.4 Å². The van der Waals surface area contributed by atoms with Gasteiger partial charge in [-0.15, -0.1) is 0 Å². The highest BCUT2D eigenvalue weighted by atomic mass is 16.5. The Balaban J connectivity index is 2.47. The number of carbonyl (C=O) groups excluding carboxylic acids is 5. The van der Waals surface area contributed by atoms with Crippen LogP contribution in [-0.2, 0) is 19.1 Å². The quantitative estimate of drug-likeness (QED) is 0.387. The van der Waals surface area contributed by atoms with Crippen LogP contribution in [0.3, 0.4) is 0 Å². The number of rotatable bonds is 13. The monoisotopic (exact) mass is 416 g/mol. The van der Waals surface area contributed by atoms with Crippen molar-refractivity contribution in [2.75, 3.05) is 0 Å². The van der Waals surface area contributed by atoms with E-state index in [1.165, 1.54) is 0 Å². The van der Waals surface area contributed by atoms with Gasteiger partial charge in [0, 0.05) is 24.8 Å². The van der Waals surface area contributed by atoms with Crippen LogP contribution in [0.25, 0.3) is 0 Å². The molecule has 0 aliphatic carbocycles. The summed E-state index contributed by atoms with van der Waals surface area (Å²) < 4.78 is 5.92. The Bertz CT molecular complexity index is 770. The van der Waals surface area contributed by atoms with Crippen LogP contribution in [0.5, 0.6) is 0 Å². The van der Waals surface area contributed by atoms with E-state index >= 15 is 0 Å². The molecule has 1 heterocycles. The third-order valence-electron chi connectivity index (χ3n) is 5.48. The zero-order valence-electron chi connectivity index (χ0n) is 17.3. The van der Waals surface area contributed by atoms with Gasteiger partial charge in [0.15, 0.2) is 0 Å². The minimum absolute atomic E-state index is 0.0455. The molecule has 30 heavy (non-hydrogen) atoms. The molecule has 2 N–H and O–H groups in total. The minimum atomic E-state index is -1.05. The van der Waals surface area contributed by atoms with Crippen molar-refractivity contribution in [1.29, 1.82) is 0 Å². The fraction of sp³-hybridized carbons (Fsp3) is 0.500. The molecule has 0 radical (unpaired) electrons. The van der Waals surface area contributed by atoms with Crippen molar-refractivity contribution >= 4 is 30.3 Å². The molecule has 0 saturated carbocycles. The lowest BCUT2D eigenvalue weighted by atomic mass is 9.86. The molecule has 0 unspecified atom stereocenters. The maximum Gasteiger partial charge on any atom is 0.261 e. The summed E-state index contributed by atoms with van der Waals surface area (Å²) in [6.07, 6.45) is 1.15. The molecule has 1 aliphatic rings. The number of hydrogen-bond acceptors (Lipinski definition) is 6. The number of fused-ring (bicyclic) bond motifs is 1. The Morgan fingerprint density at radius 3 is 2.10 bits per heavy atom. The number of imide groups is 1. The molecule has 8 nitrogen and oxygen atoms in total. The Hall–Kier alpha value is -2.87. The highest BCUT2D eigenvalue weighted by Crippen LogP contribution is 2.32. The SMILES string of the molecule is CCC(CC)O[C@H](C=O)[C@H](CC(N)=O)[C@H](CCC=O)N1C(=O)c2ccccc2C1=O. The maximum atomic E-state index is 13.0. The van der Waals surface area contributed by atoms with Crippen molar-refractivity contribution in [3.63, 3.8) is 0 Å². The Morgan fingerprint density at radius 1 is 1.10 bits per heavy atom. The molecule has 0 aromatic heterocycles. The normalized spacial score (nSPS) is 16.3. The van der Waals surface area contributed by atoms with E-state index in [1.807, 2.05) is 13.8 Å². The average Bonchev–Trinajstić information content (AvgIpc) is 2.99. The summed E-state index contributed by atoms with van der Waals surface area (Å²) in [7, 11) is 0. The van der Waals surface area contributed by atoms with Gasteiger partial charge in [0.05, 0.1) is 17.2 Å². The van der Waals surface area contributed by atoms with Gasteiger partial charge in [0.25, 0.3) is 11.8 Å². The first kappa shape index (κ1) is 23.4. The standard InChI is InChI=1S/C22H28N2O6/c1-3-14(4-2)30-19(13-26)17(12-20(23)27)18(10-7-11-25)24-21(28)15-8-5-6-9-16(15)22(24)29/h5-6,8-9,11,13-14,17-19H,3-4,7,10,12H2,1-2H3,(H2,23,27)/t17-,18+,19-/m1/s1. The number of hydrogen-bond donors (Lipinski definition) is 1. The van der Waals surface area contributed by atoms with Gasteiger partial charge in [-0.2, -0.15) is 0 Å². The number of nitrogens with zero attached hydrogens (tertiary/aromatic N) is 1. The molecular weight excluding hydrogens is 388 g/mol. The summed E-state index contributed by atoms with van der Waals surface area (Å²) in [4.78, 5) is 61.9. The second-order valence-corrected chi connectivity index (χ2v) is 7.35. The lowest BCUT2D eigenvalue weighted by molar-refractivity contribution is -0.133. The van der Waals surface area contributed by atoms with Gasteiger partial charge in [-0.3, -0.25) is 19.3 Å². The molecule has 0 fully saturated rings. The highest BCUT2D eigenvalue weighted by Gasteiger charge is 2.45. The zero-order chi connectivity index (χ0) is 22.3. The first-order valence-electron chi connectivity index (χ1n) is 10.2. The first-order valence-corrected chi connectivity index (χ1v) is 10.2. The van der Waals surface area contributed by atoms with Crippen LogP contribution < -0.4 is 5.73 Å². The lowest BCUT2D eigenvalue weighted by Gasteiger charge is -2.36. The first-order chi connectivity index (χ1) is 14.4. The molecule has 1 aromatic carbocycles. The molecule has 2 rings (SSSR count). The van der Waals surface area contributed by atoms with E-state index in [-0.39, 0.29) is 36.5 Å². The third kappa shape index (κ3) is 4.99. The summed E-state index contributed by atoms with van der Waals surface area (Å²) in [5, 5.41) is 0. The number of primary amides is 1. The number of ether oxygens (including phenoxy) is 1. The van der Waals surface area contributed by atoms with Crippen LogP contribution in [0.4, 0.5) is 0 Å². The van der Waals surface area contributed by atoms with E-state index in [1.54, 1.807) is 24.3 Å². The Morgan fingerprint density at radius 2 is 1.67 bits per heavy atom. The van der Waals surface area contributed by atoms with E-state index in [0.717, 1.165) is 4.90 Å².